The van der Waals surface area contributed by atoms with Crippen LogP contribution in [0.15, 0.2) is 23.1 Å². The molecule has 0 bridgehead atoms. The molecule has 0 atom stereocenters. The number of aliphatic hydroxyl groups excluding tert-OH is 1. The summed E-state index contributed by atoms with van der Waals surface area (Å²) in [6.45, 7) is 2.91. The van der Waals surface area contributed by atoms with Crippen LogP contribution in [-0.4, -0.2) is 42.0 Å². The molecular weight excluding hydrogens is 320 g/mol. The van der Waals surface area contributed by atoms with E-state index in [0.29, 0.717) is 5.56 Å². The predicted octanol–water partition coefficient (Wildman–Crippen LogP) is 1.37. The summed E-state index contributed by atoms with van der Waals surface area (Å²) in [5.41, 5.74) is 5.03. The minimum Gasteiger partial charge on any atom is -0.394 e. The van der Waals surface area contributed by atoms with Crippen LogP contribution in [0.4, 0.5) is 0 Å². The normalized spacial score (nSPS) is 12.7. The maximum atomic E-state index is 12.5. The van der Waals surface area contributed by atoms with Crippen molar-refractivity contribution in [1.29, 1.82) is 0 Å². The molecule has 0 aromatic heterocycles. The summed E-state index contributed by atoms with van der Waals surface area (Å²) in [4.78, 5) is 0.0862. The van der Waals surface area contributed by atoms with Gasteiger partial charge in [0.15, 0.2) is 0 Å². The van der Waals surface area contributed by atoms with Crippen molar-refractivity contribution in [3.63, 3.8) is 0 Å². The van der Waals surface area contributed by atoms with E-state index in [2.05, 4.69) is 0 Å². The van der Waals surface area contributed by atoms with Crippen LogP contribution in [0.5, 0.6) is 0 Å². The van der Waals surface area contributed by atoms with Crippen molar-refractivity contribution in [1.82, 2.24) is 4.31 Å². The monoisotopic (exact) mass is 336 g/mol. The van der Waals surface area contributed by atoms with Gasteiger partial charge in [-0.25, -0.2) is 8.42 Å². The van der Waals surface area contributed by atoms with Crippen LogP contribution >= 0.6 is 23.8 Å². The van der Waals surface area contributed by atoms with Crippen LogP contribution in [0, 0.1) is 0 Å². The van der Waals surface area contributed by atoms with Crippen LogP contribution in [0.3, 0.4) is 0 Å². The van der Waals surface area contributed by atoms with Gasteiger partial charge in [-0.1, -0.05) is 29.9 Å². The zero-order valence-electron chi connectivity index (χ0n) is 11.4. The van der Waals surface area contributed by atoms with E-state index in [-0.39, 0.29) is 21.5 Å². The third-order valence-electron chi connectivity index (χ3n) is 3.09. The molecule has 0 unspecified atom stereocenters. The highest BCUT2D eigenvalue weighted by atomic mass is 35.5. The van der Waals surface area contributed by atoms with Gasteiger partial charge in [-0.2, -0.15) is 4.31 Å². The van der Waals surface area contributed by atoms with E-state index in [9.17, 15) is 13.5 Å². The van der Waals surface area contributed by atoms with Crippen molar-refractivity contribution in [2.45, 2.75) is 24.3 Å². The maximum absolute atomic E-state index is 12.5. The van der Waals surface area contributed by atoms with E-state index in [4.69, 9.17) is 29.6 Å². The molecule has 0 amide bonds. The minimum absolute atomic E-state index is 0.0379. The van der Waals surface area contributed by atoms with Gasteiger partial charge in [0.2, 0.25) is 10.0 Å². The quantitative estimate of drug-likeness (QED) is 0.793. The summed E-state index contributed by atoms with van der Waals surface area (Å²) in [5.74, 6) is 0. The molecule has 0 aliphatic carbocycles. The number of benzene rings is 1. The minimum atomic E-state index is -3.82. The Bertz CT molecular complexity index is 630. The fourth-order valence-corrected chi connectivity index (χ4v) is 3.58. The number of halogens is 1. The molecule has 0 radical (unpaired) electrons. The number of nitrogens with two attached hydrogens (primary N) is 1. The van der Waals surface area contributed by atoms with Gasteiger partial charge in [-0.3, -0.25) is 0 Å². The molecule has 0 heterocycles. The number of nitrogens with zero attached hydrogens (tertiary/aromatic N) is 1. The van der Waals surface area contributed by atoms with Gasteiger partial charge < -0.3 is 10.8 Å². The van der Waals surface area contributed by atoms with E-state index in [1.807, 2.05) is 0 Å². The molecule has 8 heteroatoms. The van der Waals surface area contributed by atoms with Crippen molar-refractivity contribution in [3.8, 4) is 0 Å². The molecule has 112 valence electrons. The molecule has 20 heavy (non-hydrogen) atoms. The van der Waals surface area contributed by atoms with Gasteiger partial charge in [0.05, 0.1) is 17.2 Å². The van der Waals surface area contributed by atoms with Gasteiger partial charge in [0.25, 0.3) is 0 Å². The van der Waals surface area contributed by atoms with Crippen LogP contribution < -0.4 is 5.73 Å². The molecule has 0 spiro atoms. The van der Waals surface area contributed by atoms with Crippen molar-refractivity contribution < 1.29 is 13.5 Å². The molecule has 0 fully saturated rings. The number of thiocarbonyl (C=S) groups is 1. The lowest BCUT2D eigenvalue weighted by atomic mass is 10.1. The topological polar surface area (TPSA) is 83.6 Å². The summed E-state index contributed by atoms with van der Waals surface area (Å²) in [7, 11) is -2.43. The Morgan fingerprint density at radius 2 is 2.05 bits per heavy atom. The zero-order valence-corrected chi connectivity index (χ0v) is 13.8. The summed E-state index contributed by atoms with van der Waals surface area (Å²) in [5, 5.41) is 9.33. The lowest BCUT2D eigenvalue weighted by Crippen LogP contribution is -2.47. The Hall–Kier alpha value is -0.730. The fraction of sp³-hybridized carbons (Fsp3) is 0.417. The first kappa shape index (κ1) is 17.3. The Labute approximate surface area is 129 Å². The Balaban J connectivity index is 3.34. The van der Waals surface area contributed by atoms with E-state index < -0.39 is 15.6 Å². The number of hydrogen-bond acceptors (Lipinski definition) is 4. The molecular formula is C12H17ClN2O3S2. The fourth-order valence-electron chi connectivity index (χ4n) is 1.44. The Kier molecular flexibility index (Phi) is 5.15. The molecule has 3 N–H and O–H groups in total. The lowest BCUT2D eigenvalue weighted by Gasteiger charge is -2.33. The largest absolute Gasteiger partial charge is 0.394 e. The summed E-state index contributed by atoms with van der Waals surface area (Å²) in [6, 6.07) is 4.27. The standard InChI is InChI=1S/C12H17ClN2O3S2/c1-12(2,7-16)15(3)20(17,18)10-5-4-8(11(14)19)6-9(10)13/h4-6,16H,7H2,1-3H3,(H2,14,19). The summed E-state index contributed by atoms with van der Waals surface area (Å²) < 4.78 is 26.1. The maximum Gasteiger partial charge on any atom is 0.244 e. The smallest absolute Gasteiger partial charge is 0.244 e. The van der Waals surface area contributed by atoms with Crippen LogP contribution in [0.25, 0.3) is 0 Å². The van der Waals surface area contributed by atoms with Crippen LogP contribution in [0.2, 0.25) is 5.02 Å². The number of sulfonamides is 1. The third kappa shape index (κ3) is 3.29. The van der Waals surface area contributed by atoms with E-state index in [1.165, 1.54) is 25.2 Å². The number of likely N-dealkylation sites (N-methyl/N-ethyl adjacent to an activating group) is 1. The van der Waals surface area contributed by atoms with E-state index >= 15 is 0 Å². The summed E-state index contributed by atoms with van der Waals surface area (Å²) >= 11 is 10.8. The molecule has 1 aromatic carbocycles. The molecule has 1 aromatic rings. The van der Waals surface area contributed by atoms with E-state index in [0.717, 1.165) is 4.31 Å². The Morgan fingerprint density at radius 3 is 2.45 bits per heavy atom. The molecule has 0 saturated carbocycles. The first-order valence-electron chi connectivity index (χ1n) is 5.73. The van der Waals surface area contributed by atoms with Crippen molar-refractivity contribution >= 4 is 38.8 Å². The second-order valence-corrected chi connectivity index (χ2v) is 7.74. The zero-order chi connectivity index (χ0) is 15.7. The van der Waals surface area contributed by atoms with Gasteiger partial charge in [-0.05, 0) is 26.0 Å². The van der Waals surface area contributed by atoms with Crippen molar-refractivity contribution in [2.24, 2.45) is 5.73 Å². The van der Waals surface area contributed by atoms with E-state index in [1.54, 1.807) is 13.8 Å². The van der Waals surface area contributed by atoms with Gasteiger partial charge in [0, 0.05) is 12.6 Å². The number of aliphatic hydroxyl groups is 1. The molecule has 0 saturated heterocycles. The SMILES string of the molecule is CN(C(C)(C)CO)S(=O)(=O)c1ccc(C(N)=S)cc1Cl. The van der Waals surface area contributed by atoms with Crippen LogP contribution in [0.1, 0.15) is 19.4 Å². The molecule has 0 aliphatic rings. The molecule has 0 aliphatic heterocycles. The van der Waals surface area contributed by atoms with Crippen molar-refractivity contribution in [3.05, 3.63) is 28.8 Å². The highest BCUT2D eigenvalue weighted by Crippen LogP contribution is 2.28. The molecule has 1 rings (SSSR count). The third-order valence-corrected chi connectivity index (χ3v) is 5.88. The summed E-state index contributed by atoms with van der Waals surface area (Å²) in [6.07, 6.45) is 0. The number of hydrogen-bond donors (Lipinski definition) is 2. The average molecular weight is 337 g/mol. The van der Waals surface area contributed by atoms with Gasteiger partial charge in [-0.15, -0.1) is 0 Å². The second kappa shape index (κ2) is 5.95. The van der Waals surface area contributed by atoms with Crippen LogP contribution in [-0.2, 0) is 10.0 Å². The first-order chi connectivity index (χ1) is 9.04. The lowest BCUT2D eigenvalue weighted by molar-refractivity contribution is 0.138. The average Bonchev–Trinajstić information content (AvgIpc) is 2.37. The van der Waals surface area contributed by atoms with Gasteiger partial charge >= 0.3 is 0 Å². The molecule has 5 nitrogen and oxygen atoms in total. The second-order valence-electron chi connectivity index (χ2n) is 4.95. The number of rotatable bonds is 5. The highest BCUT2D eigenvalue weighted by molar-refractivity contribution is 7.89. The van der Waals surface area contributed by atoms with Crippen molar-refractivity contribution in [2.75, 3.05) is 13.7 Å². The highest BCUT2D eigenvalue weighted by Gasteiger charge is 2.34. The first-order valence-corrected chi connectivity index (χ1v) is 7.96. The van der Waals surface area contributed by atoms with Gasteiger partial charge in [0.1, 0.15) is 9.88 Å². The predicted molar refractivity (Wildman–Crippen MR) is 83.5 cm³/mol. The Morgan fingerprint density at radius 1 is 1.50 bits per heavy atom.